The second kappa shape index (κ2) is 4.02. The lowest BCUT2D eigenvalue weighted by molar-refractivity contribution is 0.0439. The van der Waals surface area contributed by atoms with Crippen LogP contribution in [-0.4, -0.2) is 22.4 Å². The number of hydrogen-bond donors (Lipinski definition) is 0. The summed E-state index contributed by atoms with van der Waals surface area (Å²) in [4.78, 5) is 12.2. The third kappa shape index (κ3) is 1.82. The molecule has 1 spiro atoms. The maximum Gasteiger partial charge on any atom is 0.170 e. The molecule has 2 heterocycles. The van der Waals surface area contributed by atoms with Crippen molar-refractivity contribution in [1.29, 1.82) is 0 Å². The number of ether oxygens (including phenoxy) is 1. The molecule has 1 aromatic rings. The van der Waals surface area contributed by atoms with Gasteiger partial charge in [0.15, 0.2) is 5.78 Å². The summed E-state index contributed by atoms with van der Waals surface area (Å²) in [5, 5.41) is 0.388. The van der Waals surface area contributed by atoms with Crippen molar-refractivity contribution < 1.29 is 9.53 Å². The Labute approximate surface area is 113 Å². The largest absolute Gasteiger partial charge is 0.485 e. The zero-order valence-electron chi connectivity index (χ0n) is 9.53. The number of Topliss-reactive ketones (excluding diaryl/α,β-unsaturated/α-hetero) is 1. The number of carbonyl (C=O) groups is 1. The van der Waals surface area contributed by atoms with E-state index in [0.717, 1.165) is 28.0 Å². The van der Waals surface area contributed by atoms with E-state index in [1.165, 1.54) is 0 Å². The fraction of sp³-hybridized carbons (Fsp3) is 0.462. The molecular weight excluding hydrogens is 300 g/mol. The van der Waals surface area contributed by atoms with Gasteiger partial charge in [-0.05, 0) is 37.3 Å². The van der Waals surface area contributed by atoms with Gasteiger partial charge in [-0.1, -0.05) is 15.9 Å². The molecule has 1 fully saturated rings. The molecule has 0 radical (unpaired) electrons. The molecule has 0 aromatic heterocycles. The summed E-state index contributed by atoms with van der Waals surface area (Å²) in [7, 11) is 0. The number of benzene rings is 1. The number of carbonyl (C=O) groups excluding carboxylic acids is 1. The van der Waals surface area contributed by atoms with Gasteiger partial charge in [0.25, 0.3) is 0 Å². The molecule has 2 unspecified atom stereocenters. The van der Waals surface area contributed by atoms with E-state index in [1.54, 1.807) is 0 Å². The average Bonchev–Trinajstić information content (AvgIpc) is 2.59. The van der Waals surface area contributed by atoms with E-state index in [4.69, 9.17) is 4.74 Å². The van der Waals surface area contributed by atoms with Crippen molar-refractivity contribution in [2.24, 2.45) is 0 Å². The van der Waals surface area contributed by atoms with Crippen LogP contribution in [0.2, 0.25) is 0 Å². The molecule has 2 atom stereocenters. The summed E-state index contributed by atoms with van der Waals surface area (Å²) in [6.45, 7) is 2.16. The number of ketones is 1. The monoisotopic (exact) mass is 312 g/mol. The molecule has 1 aromatic carbocycles. The van der Waals surface area contributed by atoms with Gasteiger partial charge in [-0.2, -0.15) is 11.8 Å². The number of halogens is 1. The van der Waals surface area contributed by atoms with Crippen molar-refractivity contribution in [2.75, 3.05) is 5.75 Å². The maximum absolute atomic E-state index is 12.2. The normalized spacial score (nSPS) is 31.4. The fourth-order valence-corrected chi connectivity index (χ4v) is 4.27. The van der Waals surface area contributed by atoms with Gasteiger partial charge in [0.2, 0.25) is 0 Å². The Morgan fingerprint density at radius 3 is 3.06 bits per heavy atom. The number of thioether (sulfide) groups is 1. The molecule has 90 valence electrons. The molecule has 3 rings (SSSR count). The van der Waals surface area contributed by atoms with Crippen LogP contribution in [0.4, 0.5) is 0 Å². The minimum absolute atomic E-state index is 0.216. The first-order valence-corrected chi connectivity index (χ1v) is 7.58. The van der Waals surface area contributed by atoms with E-state index in [1.807, 2.05) is 30.0 Å². The number of hydrogen-bond acceptors (Lipinski definition) is 3. The lowest BCUT2D eigenvalue weighted by Crippen LogP contribution is -2.46. The molecule has 2 nitrogen and oxygen atoms in total. The molecule has 0 aliphatic carbocycles. The highest BCUT2D eigenvalue weighted by Gasteiger charge is 2.48. The Balaban J connectivity index is 2.05. The summed E-state index contributed by atoms with van der Waals surface area (Å²) in [6, 6.07) is 5.65. The minimum Gasteiger partial charge on any atom is -0.485 e. The maximum atomic E-state index is 12.2. The van der Waals surface area contributed by atoms with Crippen LogP contribution in [0.3, 0.4) is 0 Å². The summed E-state index contributed by atoms with van der Waals surface area (Å²) in [6.07, 6.45) is 1.49. The average molecular weight is 313 g/mol. The van der Waals surface area contributed by atoms with Crippen molar-refractivity contribution >= 4 is 33.5 Å². The summed E-state index contributed by atoms with van der Waals surface area (Å²) in [5.74, 6) is 2.04. The third-order valence-corrected chi connectivity index (χ3v) is 5.51. The Morgan fingerprint density at radius 2 is 2.35 bits per heavy atom. The summed E-state index contributed by atoms with van der Waals surface area (Å²) >= 11 is 5.32. The van der Waals surface area contributed by atoms with E-state index < -0.39 is 0 Å². The van der Waals surface area contributed by atoms with Gasteiger partial charge in [0.1, 0.15) is 11.4 Å². The first-order valence-electron chi connectivity index (χ1n) is 5.74. The van der Waals surface area contributed by atoms with Gasteiger partial charge in [-0.15, -0.1) is 0 Å². The summed E-state index contributed by atoms with van der Waals surface area (Å²) in [5.41, 5.74) is 0.457. The molecule has 0 saturated carbocycles. The van der Waals surface area contributed by atoms with E-state index in [-0.39, 0.29) is 11.4 Å². The molecule has 4 heteroatoms. The second-order valence-electron chi connectivity index (χ2n) is 4.67. The fourth-order valence-electron chi connectivity index (χ4n) is 2.56. The van der Waals surface area contributed by atoms with Crippen LogP contribution < -0.4 is 4.74 Å². The SMILES string of the molecule is CC1SCCC12CC(=O)c1ccc(Br)cc1O2. The van der Waals surface area contributed by atoms with Gasteiger partial charge in [-0.25, -0.2) is 0 Å². The lowest BCUT2D eigenvalue weighted by Gasteiger charge is -2.37. The molecule has 2 aliphatic rings. The number of fused-ring (bicyclic) bond motifs is 1. The van der Waals surface area contributed by atoms with Crippen LogP contribution >= 0.6 is 27.7 Å². The minimum atomic E-state index is -0.268. The molecule has 0 bridgehead atoms. The van der Waals surface area contributed by atoms with E-state index >= 15 is 0 Å². The molecule has 2 aliphatic heterocycles. The van der Waals surface area contributed by atoms with Crippen LogP contribution in [0.5, 0.6) is 5.75 Å². The predicted molar refractivity (Wildman–Crippen MR) is 73.0 cm³/mol. The van der Waals surface area contributed by atoms with Crippen LogP contribution in [-0.2, 0) is 0 Å². The Kier molecular flexibility index (Phi) is 2.75. The van der Waals surface area contributed by atoms with Crippen LogP contribution in [0.1, 0.15) is 30.1 Å². The van der Waals surface area contributed by atoms with Crippen molar-refractivity contribution in [3.8, 4) is 5.75 Å². The molecule has 0 N–H and O–H groups in total. The molecule has 17 heavy (non-hydrogen) atoms. The van der Waals surface area contributed by atoms with Crippen molar-refractivity contribution in [1.82, 2.24) is 0 Å². The van der Waals surface area contributed by atoms with Gasteiger partial charge >= 0.3 is 0 Å². The van der Waals surface area contributed by atoms with Gasteiger partial charge in [0.05, 0.1) is 12.0 Å². The Morgan fingerprint density at radius 1 is 1.53 bits per heavy atom. The summed E-state index contributed by atoms with van der Waals surface area (Å²) < 4.78 is 7.13. The standard InChI is InChI=1S/C13H13BrO2S/c1-8-13(4-5-17-8)7-11(15)10-3-2-9(14)6-12(10)16-13/h2-3,6,8H,4-5,7H2,1H3. The van der Waals surface area contributed by atoms with E-state index in [9.17, 15) is 4.79 Å². The van der Waals surface area contributed by atoms with Crippen molar-refractivity contribution in [3.05, 3.63) is 28.2 Å². The first-order chi connectivity index (χ1) is 8.11. The van der Waals surface area contributed by atoms with Crippen LogP contribution in [0, 0.1) is 0 Å². The predicted octanol–water partition coefficient (Wildman–Crippen LogP) is 3.68. The quantitative estimate of drug-likeness (QED) is 0.731. The first kappa shape index (κ1) is 11.6. The molecule has 1 saturated heterocycles. The topological polar surface area (TPSA) is 26.3 Å². The zero-order valence-corrected chi connectivity index (χ0v) is 11.9. The van der Waals surface area contributed by atoms with Gasteiger partial charge < -0.3 is 4.74 Å². The van der Waals surface area contributed by atoms with Crippen molar-refractivity contribution in [3.63, 3.8) is 0 Å². The zero-order chi connectivity index (χ0) is 12.0. The van der Waals surface area contributed by atoms with E-state index in [2.05, 4.69) is 22.9 Å². The van der Waals surface area contributed by atoms with Crippen LogP contribution in [0.25, 0.3) is 0 Å². The second-order valence-corrected chi connectivity index (χ2v) is 7.03. The van der Waals surface area contributed by atoms with Gasteiger partial charge in [-0.3, -0.25) is 4.79 Å². The number of rotatable bonds is 0. The third-order valence-electron chi connectivity index (χ3n) is 3.65. The van der Waals surface area contributed by atoms with Crippen LogP contribution in [0.15, 0.2) is 22.7 Å². The smallest absolute Gasteiger partial charge is 0.170 e. The van der Waals surface area contributed by atoms with Gasteiger partial charge in [0, 0.05) is 9.72 Å². The molecular formula is C13H13BrO2S. The van der Waals surface area contributed by atoms with E-state index in [0.29, 0.717) is 11.7 Å². The highest BCUT2D eigenvalue weighted by atomic mass is 79.9. The van der Waals surface area contributed by atoms with Crippen molar-refractivity contribution in [2.45, 2.75) is 30.6 Å². The molecule has 0 amide bonds. The highest BCUT2D eigenvalue weighted by molar-refractivity contribution is 9.10. The lowest BCUT2D eigenvalue weighted by atomic mass is 9.86. The highest BCUT2D eigenvalue weighted by Crippen LogP contribution is 2.46. The Bertz CT molecular complexity index is 488. The Hall–Kier alpha value is -0.480.